The van der Waals surface area contributed by atoms with Crippen molar-refractivity contribution < 1.29 is 9.90 Å². The van der Waals surface area contributed by atoms with Gasteiger partial charge in [0.15, 0.2) is 0 Å². The van der Waals surface area contributed by atoms with Crippen molar-refractivity contribution in [2.24, 2.45) is 5.73 Å². The number of primary amides is 1. The monoisotopic (exact) mass is 271 g/mol. The second kappa shape index (κ2) is 6.68. The molecular weight excluding hydrogens is 254 g/mol. The van der Waals surface area contributed by atoms with Crippen molar-refractivity contribution in [1.29, 1.82) is 0 Å². The van der Waals surface area contributed by atoms with E-state index in [9.17, 15) is 9.90 Å². The molecule has 0 spiro atoms. The lowest BCUT2D eigenvalue weighted by Gasteiger charge is -2.23. The Morgan fingerprint density at radius 2 is 1.95 bits per heavy atom. The van der Waals surface area contributed by atoms with Gasteiger partial charge in [-0.2, -0.15) is 0 Å². The first-order valence-corrected chi connectivity index (χ1v) is 6.36. The molecule has 0 radical (unpaired) electrons. The summed E-state index contributed by atoms with van der Waals surface area (Å²) < 4.78 is 0. The van der Waals surface area contributed by atoms with Crippen LogP contribution >= 0.6 is 0 Å². The van der Waals surface area contributed by atoms with E-state index in [-0.39, 0.29) is 6.61 Å². The molecule has 0 aliphatic carbocycles. The van der Waals surface area contributed by atoms with Crippen molar-refractivity contribution >= 4 is 11.7 Å². The Morgan fingerprint density at radius 1 is 1.20 bits per heavy atom. The summed E-state index contributed by atoms with van der Waals surface area (Å²) in [6.45, 7) is 1.15. The molecule has 104 valence electrons. The first-order chi connectivity index (χ1) is 9.70. The number of nitrogens with two attached hydrogens (primary N) is 1. The Balaban J connectivity index is 2.17. The number of rotatable bonds is 6. The molecule has 0 aliphatic heterocycles. The van der Waals surface area contributed by atoms with Gasteiger partial charge in [0.1, 0.15) is 5.82 Å². The van der Waals surface area contributed by atoms with Crippen molar-refractivity contribution in [1.82, 2.24) is 4.98 Å². The molecule has 1 aromatic carbocycles. The van der Waals surface area contributed by atoms with Gasteiger partial charge in [-0.1, -0.05) is 30.3 Å². The molecule has 5 heteroatoms. The van der Waals surface area contributed by atoms with Gasteiger partial charge >= 0.3 is 0 Å². The molecular formula is C15H17N3O2. The third kappa shape index (κ3) is 3.55. The fraction of sp³-hybridized carbons (Fsp3) is 0.200. The second-order valence-corrected chi connectivity index (χ2v) is 4.40. The molecule has 0 saturated carbocycles. The summed E-state index contributed by atoms with van der Waals surface area (Å²) in [6, 6.07) is 13.3. The molecule has 20 heavy (non-hydrogen) atoms. The summed E-state index contributed by atoms with van der Waals surface area (Å²) in [4.78, 5) is 17.2. The van der Waals surface area contributed by atoms with Crippen molar-refractivity contribution in [3.8, 4) is 0 Å². The zero-order chi connectivity index (χ0) is 14.4. The first kappa shape index (κ1) is 14.0. The van der Waals surface area contributed by atoms with Crippen molar-refractivity contribution in [3.05, 3.63) is 59.8 Å². The Hall–Kier alpha value is -2.40. The molecule has 0 fully saturated rings. The number of nitrogens with zero attached hydrogens (tertiary/aromatic N) is 2. The predicted molar refractivity (Wildman–Crippen MR) is 77.3 cm³/mol. The third-order valence-electron chi connectivity index (χ3n) is 2.94. The van der Waals surface area contributed by atoms with E-state index in [2.05, 4.69) is 4.98 Å². The molecule has 1 amide bonds. The highest BCUT2D eigenvalue weighted by Crippen LogP contribution is 2.14. The summed E-state index contributed by atoms with van der Waals surface area (Å²) in [5.41, 5.74) is 6.69. The molecule has 5 nitrogen and oxygen atoms in total. The average Bonchev–Trinajstić information content (AvgIpc) is 2.48. The largest absolute Gasteiger partial charge is 0.395 e. The summed E-state index contributed by atoms with van der Waals surface area (Å²) in [5.74, 6) is 0.203. The number of amides is 1. The number of pyridine rings is 1. The summed E-state index contributed by atoms with van der Waals surface area (Å²) >= 11 is 0. The van der Waals surface area contributed by atoms with Crippen molar-refractivity contribution in [2.75, 3.05) is 18.1 Å². The minimum Gasteiger partial charge on any atom is -0.395 e. The van der Waals surface area contributed by atoms with Crippen LogP contribution < -0.4 is 10.6 Å². The van der Waals surface area contributed by atoms with E-state index in [0.717, 1.165) is 5.56 Å². The Kier molecular flexibility index (Phi) is 4.68. The SMILES string of the molecule is NC(=O)c1ccc(N(CCO)Cc2ccccc2)nc1. The zero-order valence-corrected chi connectivity index (χ0v) is 11.1. The number of carbonyl (C=O) groups excluding carboxylic acids is 1. The third-order valence-corrected chi connectivity index (χ3v) is 2.94. The Morgan fingerprint density at radius 3 is 2.50 bits per heavy atom. The lowest BCUT2D eigenvalue weighted by molar-refractivity contribution is 0.1000. The highest BCUT2D eigenvalue weighted by molar-refractivity contribution is 5.92. The number of benzene rings is 1. The van der Waals surface area contributed by atoms with Gasteiger partial charge in [-0.25, -0.2) is 4.98 Å². The van der Waals surface area contributed by atoms with Crippen LogP contribution in [0.15, 0.2) is 48.7 Å². The first-order valence-electron chi connectivity index (χ1n) is 6.36. The number of aliphatic hydroxyl groups is 1. The van der Waals surface area contributed by atoms with Crippen LogP contribution in [0.1, 0.15) is 15.9 Å². The molecule has 0 atom stereocenters. The zero-order valence-electron chi connectivity index (χ0n) is 11.1. The highest BCUT2D eigenvalue weighted by Gasteiger charge is 2.09. The van der Waals surface area contributed by atoms with Crippen molar-refractivity contribution in [2.45, 2.75) is 6.54 Å². The topological polar surface area (TPSA) is 79.5 Å². The summed E-state index contributed by atoms with van der Waals surface area (Å²) in [5, 5.41) is 9.18. The molecule has 0 bridgehead atoms. The molecule has 1 aromatic heterocycles. The molecule has 3 N–H and O–H groups in total. The molecule has 2 aromatic rings. The van der Waals surface area contributed by atoms with Crippen LogP contribution in [0.2, 0.25) is 0 Å². The quantitative estimate of drug-likeness (QED) is 0.827. The van der Waals surface area contributed by atoms with Crippen LogP contribution in [-0.4, -0.2) is 29.1 Å². The molecule has 0 saturated heterocycles. The van der Waals surface area contributed by atoms with E-state index in [1.807, 2.05) is 35.2 Å². The number of aliphatic hydroxyl groups excluding tert-OH is 1. The van der Waals surface area contributed by atoms with Gasteiger partial charge in [-0.3, -0.25) is 4.79 Å². The number of hydrogen-bond acceptors (Lipinski definition) is 4. The number of aromatic nitrogens is 1. The predicted octanol–water partition coefficient (Wildman–Crippen LogP) is 1.18. The van der Waals surface area contributed by atoms with Gasteiger partial charge in [0.25, 0.3) is 0 Å². The highest BCUT2D eigenvalue weighted by atomic mass is 16.3. The van der Waals surface area contributed by atoms with Crippen LogP contribution in [0.25, 0.3) is 0 Å². The molecule has 1 heterocycles. The fourth-order valence-corrected chi connectivity index (χ4v) is 1.92. The van der Waals surface area contributed by atoms with Gasteiger partial charge < -0.3 is 15.7 Å². The van der Waals surface area contributed by atoms with E-state index in [4.69, 9.17) is 5.73 Å². The lowest BCUT2D eigenvalue weighted by Crippen LogP contribution is -2.27. The van der Waals surface area contributed by atoms with E-state index in [1.54, 1.807) is 12.1 Å². The van der Waals surface area contributed by atoms with Crippen LogP contribution in [0.5, 0.6) is 0 Å². The standard InChI is InChI=1S/C15H17N3O2/c16-15(20)13-6-7-14(17-10-13)18(8-9-19)11-12-4-2-1-3-5-12/h1-7,10,19H,8-9,11H2,(H2,16,20). The minimum atomic E-state index is -0.499. The van der Waals surface area contributed by atoms with Crippen molar-refractivity contribution in [3.63, 3.8) is 0 Å². The minimum absolute atomic E-state index is 0.0338. The molecule has 0 aliphatic rings. The molecule has 0 unspecified atom stereocenters. The maximum Gasteiger partial charge on any atom is 0.250 e. The molecule has 2 rings (SSSR count). The van der Waals surface area contributed by atoms with Gasteiger partial charge in [0.2, 0.25) is 5.91 Å². The van der Waals surface area contributed by atoms with E-state index < -0.39 is 5.91 Å². The van der Waals surface area contributed by atoms with Crippen LogP contribution in [0, 0.1) is 0 Å². The van der Waals surface area contributed by atoms with Gasteiger partial charge in [-0.05, 0) is 17.7 Å². The Bertz CT molecular complexity index is 555. The summed E-state index contributed by atoms with van der Waals surface area (Å²) in [6.07, 6.45) is 1.45. The van der Waals surface area contributed by atoms with Crippen LogP contribution in [0.3, 0.4) is 0 Å². The van der Waals surface area contributed by atoms with Crippen LogP contribution in [-0.2, 0) is 6.54 Å². The van der Waals surface area contributed by atoms with Gasteiger partial charge in [0, 0.05) is 19.3 Å². The maximum atomic E-state index is 11.0. The Labute approximate surface area is 117 Å². The smallest absolute Gasteiger partial charge is 0.250 e. The van der Waals surface area contributed by atoms with Crippen LogP contribution in [0.4, 0.5) is 5.82 Å². The summed E-state index contributed by atoms with van der Waals surface area (Å²) in [7, 11) is 0. The number of hydrogen-bond donors (Lipinski definition) is 2. The van der Waals surface area contributed by atoms with E-state index in [0.29, 0.717) is 24.5 Å². The van der Waals surface area contributed by atoms with Gasteiger partial charge in [0.05, 0.1) is 12.2 Å². The van der Waals surface area contributed by atoms with E-state index in [1.165, 1.54) is 6.20 Å². The average molecular weight is 271 g/mol. The normalized spacial score (nSPS) is 10.2. The maximum absolute atomic E-state index is 11.0. The number of carbonyl (C=O) groups is 1. The van der Waals surface area contributed by atoms with E-state index >= 15 is 0 Å². The fourth-order valence-electron chi connectivity index (χ4n) is 1.92. The number of anilines is 1. The second-order valence-electron chi connectivity index (χ2n) is 4.40. The lowest BCUT2D eigenvalue weighted by atomic mass is 10.2. The van der Waals surface area contributed by atoms with Gasteiger partial charge in [-0.15, -0.1) is 0 Å².